The van der Waals surface area contributed by atoms with E-state index in [1.807, 2.05) is 0 Å². The van der Waals surface area contributed by atoms with Gasteiger partial charge in [0, 0.05) is 18.7 Å². The SMILES string of the molecule is CCN(CC)CCOc1cnc2cc([N+](=O)[O-])ccc2n1. The van der Waals surface area contributed by atoms with Crippen LogP contribution in [0.4, 0.5) is 5.69 Å². The molecule has 0 unspecified atom stereocenters. The van der Waals surface area contributed by atoms with Gasteiger partial charge in [-0.3, -0.25) is 10.1 Å². The van der Waals surface area contributed by atoms with Gasteiger partial charge in [0.1, 0.15) is 6.61 Å². The maximum atomic E-state index is 10.7. The summed E-state index contributed by atoms with van der Waals surface area (Å²) in [4.78, 5) is 21.0. The molecule has 7 nitrogen and oxygen atoms in total. The number of nitro benzene ring substituents is 1. The molecule has 21 heavy (non-hydrogen) atoms. The lowest BCUT2D eigenvalue weighted by molar-refractivity contribution is -0.384. The van der Waals surface area contributed by atoms with Crippen LogP contribution in [0.25, 0.3) is 11.0 Å². The molecule has 0 aliphatic rings. The highest BCUT2D eigenvalue weighted by Crippen LogP contribution is 2.19. The Morgan fingerprint density at radius 1 is 1.29 bits per heavy atom. The van der Waals surface area contributed by atoms with Crippen LogP contribution in [0, 0.1) is 10.1 Å². The summed E-state index contributed by atoms with van der Waals surface area (Å²) in [5.74, 6) is 0.434. The van der Waals surface area contributed by atoms with E-state index in [1.165, 1.54) is 18.3 Å². The van der Waals surface area contributed by atoms with Crippen molar-refractivity contribution >= 4 is 16.7 Å². The van der Waals surface area contributed by atoms with Crippen molar-refractivity contribution in [1.82, 2.24) is 14.9 Å². The zero-order valence-corrected chi connectivity index (χ0v) is 12.2. The molecular weight excluding hydrogens is 272 g/mol. The zero-order chi connectivity index (χ0) is 15.2. The fourth-order valence-electron chi connectivity index (χ4n) is 1.98. The molecule has 1 heterocycles. The number of non-ortho nitro benzene ring substituents is 1. The predicted octanol–water partition coefficient (Wildman–Crippen LogP) is 2.26. The van der Waals surface area contributed by atoms with Crippen LogP contribution in [0.3, 0.4) is 0 Å². The number of hydrogen-bond donors (Lipinski definition) is 0. The first-order chi connectivity index (χ1) is 10.1. The molecule has 0 N–H and O–H groups in total. The van der Waals surface area contributed by atoms with Crippen molar-refractivity contribution in [2.24, 2.45) is 0 Å². The van der Waals surface area contributed by atoms with Crippen LogP contribution in [-0.2, 0) is 0 Å². The molecule has 0 bridgehead atoms. The van der Waals surface area contributed by atoms with Gasteiger partial charge in [0.05, 0.1) is 22.2 Å². The summed E-state index contributed by atoms with van der Waals surface area (Å²) < 4.78 is 5.58. The molecule has 1 aromatic heterocycles. The molecule has 0 amide bonds. The molecule has 0 radical (unpaired) electrons. The minimum atomic E-state index is -0.449. The van der Waals surface area contributed by atoms with E-state index in [0.29, 0.717) is 23.5 Å². The third-order valence-corrected chi connectivity index (χ3v) is 3.27. The van der Waals surface area contributed by atoms with E-state index in [0.717, 1.165) is 19.6 Å². The number of likely N-dealkylation sites (N-methyl/N-ethyl adjacent to an activating group) is 1. The standard InChI is InChI=1S/C14H18N4O3/c1-3-17(4-2)7-8-21-14-10-15-13-9-11(18(19)20)5-6-12(13)16-14/h5-6,9-10H,3-4,7-8H2,1-2H3. The molecule has 0 fully saturated rings. The monoisotopic (exact) mass is 290 g/mol. The highest BCUT2D eigenvalue weighted by molar-refractivity contribution is 5.77. The highest BCUT2D eigenvalue weighted by atomic mass is 16.6. The topological polar surface area (TPSA) is 81.4 Å². The number of aromatic nitrogens is 2. The molecule has 0 saturated carbocycles. The Morgan fingerprint density at radius 2 is 2.05 bits per heavy atom. The van der Waals surface area contributed by atoms with Crippen molar-refractivity contribution in [3.63, 3.8) is 0 Å². The second-order valence-electron chi connectivity index (χ2n) is 4.51. The minimum absolute atomic E-state index is 0.00648. The normalized spacial score (nSPS) is 11.0. The zero-order valence-electron chi connectivity index (χ0n) is 12.2. The fourth-order valence-corrected chi connectivity index (χ4v) is 1.98. The van der Waals surface area contributed by atoms with E-state index >= 15 is 0 Å². The van der Waals surface area contributed by atoms with E-state index in [-0.39, 0.29) is 5.69 Å². The van der Waals surface area contributed by atoms with Gasteiger partial charge in [-0.15, -0.1) is 0 Å². The van der Waals surface area contributed by atoms with Crippen molar-refractivity contribution in [3.05, 3.63) is 34.5 Å². The Hall–Kier alpha value is -2.28. The second-order valence-corrected chi connectivity index (χ2v) is 4.51. The van der Waals surface area contributed by atoms with Gasteiger partial charge in [-0.25, -0.2) is 9.97 Å². The molecule has 0 atom stereocenters. The van der Waals surface area contributed by atoms with Gasteiger partial charge >= 0.3 is 0 Å². The van der Waals surface area contributed by atoms with Gasteiger partial charge in [-0.1, -0.05) is 13.8 Å². The maximum absolute atomic E-state index is 10.7. The number of nitrogens with zero attached hydrogens (tertiary/aromatic N) is 4. The van der Waals surface area contributed by atoms with Gasteiger partial charge in [-0.2, -0.15) is 0 Å². The van der Waals surface area contributed by atoms with Gasteiger partial charge < -0.3 is 9.64 Å². The van der Waals surface area contributed by atoms with Crippen molar-refractivity contribution in [2.45, 2.75) is 13.8 Å². The van der Waals surface area contributed by atoms with Crippen molar-refractivity contribution < 1.29 is 9.66 Å². The number of fused-ring (bicyclic) bond motifs is 1. The lowest BCUT2D eigenvalue weighted by atomic mass is 10.2. The van der Waals surface area contributed by atoms with Crippen molar-refractivity contribution in [1.29, 1.82) is 0 Å². The molecule has 0 aliphatic carbocycles. The number of benzene rings is 1. The van der Waals surface area contributed by atoms with Crippen molar-refractivity contribution in [2.75, 3.05) is 26.2 Å². The lowest BCUT2D eigenvalue weighted by Crippen LogP contribution is -2.28. The predicted molar refractivity (Wildman–Crippen MR) is 79.5 cm³/mol. The van der Waals surface area contributed by atoms with Gasteiger partial charge in [0.25, 0.3) is 5.69 Å². The molecule has 7 heteroatoms. The smallest absolute Gasteiger partial charge is 0.271 e. The quantitative estimate of drug-likeness (QED) is 0.574. The lowest BCUT2D eigenvalue weighted by Gasteiger charge is -2.17. The first-order valence-corrected chi connectivity index (χ1v) is 6.90. The number of nitro groups is 1. The van der Waals surface area contributed by atoms with Crippen LogP contribution >= 0.6 is 0 Å². The first kappa shape index (κ1) is 15.1. The maximum Gasteiger partial charge on any atom is 0.271 e. The summed E-state index contributed by atoms with van der Waals surface area (Å²) in [6.07, 6.45) is 1.49. The molecule has 2 rings (SSSR count). The third-order valence-electron chi connectivity index (χ3n) is 3.27. The van der Waals surface area contributed by atoms with E-state index in [2.05, 4.69) is 28.7 Å². The highest BCUT2D eigenvalue weighted by Gasteiger charge is 2.08. The molecule has 1 aromatic carbocycles. The molecule has 0 spiro atoms. The molecular formula is C14H18N4O3. The molecule has 2 aromatic rings. The van der Waals surface area contributed by atoms with E-state index in [1.54, 1.807) is 6.07 Å². The van der Waals surface area contributed by atoms with Crippen LogP contribution in [0.2, 0.25) is 0 Å². The minimum Gasteiger partial charge on any atom is -0.475 e. The van der Waals surface area contributed by atoms with Crippen LogP contribution < -0.4 is 4.74 Å². The summed E-state index contributed by atoms with van der Waals surface area (Å²) in [6, 6.07) is 4.40. The Labute approximate surface area is 122 Å². The summed E-state index contributed by atoms with van der Waals surface area (Å²) >= 11 is 0. The summed E-state index contributed by atoms with van der Waals surface area (Å²) in [5.41, 5.74) is 1.08. The van der Waals surface area contributed by atoms with E-state index in [4.69, 9.17) is 4.74 Å². The fraction of sp³-hybridized carbons (Fsp3) is 0.429. The molecule has 0 saturated heterocycles. The summed E-state index contributed by atoms with van der Waals surface area (Å²) in [5, 5.41) is 10.7. The first-order valence-electron chi connectivity index (χ1n) is 6.90. The molecule has 112 valence electrons. The molecule has 0 aliphatic heterocycles. The second kappa shape index (κ2) is 6.94. The summed E-state index contributed by atoms with van der Waals surface area (Å²) in [6.45, 7) is 7.53. The largest absolute Gasteiger partial charge is 0.475 e. The Kier molecular flexibility index (Phi) is 4.99. The van der Waals surface area contributed by atoms with Gasteiger partial charge in [0.2, 0.25) is 5.88 Å². The van der Waals surface area contributed by atoms with Crippen LogP contribution in [0.1, 0.15) is 13.8 Å². The average molecular weight is 290 g/mol. The van der Waals surface area contributed by atoms with Crippen LogP contribution in [-0.4, -0.2) is 46.0 Å². The van der Waals surface area contributed by atoms with E-state index in [9.17, 15) is 10.1 Å². The van der Waals surface area contributed by atoms with Crippen molar-refractivity contribution in [3.8, 4) is 5.88 Å². The number of hydrogen-bond acceptors (Lipinski definition) is 6. The third kappa shape index (κ3) is 3.85. The average Bonchev–Trinajstić information content (AvgIpc) is 2.51. The van der Waals surface area contributed by atoms with Crippen LogP contribution in [0.15, 0.2) is 24.4 Å². The van der Waals surface area contributed by atoms with Gasteiger partial charge in [-0.05, 0) is 19.2 Å². The van der Waals surface area contributed by atoms with Crippen LogP contribution in [0.5, 0.6) is 5.88 Å². The Morgan fingerprint density at radius 3 is 2.71 bits per heavy atom. The Bertz CT molecular complexity index is 629. The van der Waals surface area contributed by atoms with Gasteiger partial charge in [0.15, 0.2) is 0 Å². The number of rotatable bonds is 7. The summed E-state index contributed by atoms with van der Waals surface area (Å²) in [7, 11) is 0. The van der Waals surface area contributed by atoms with E-state index < -0.39 is 4.92 Å². The number of ether oxygens (including phenoxy) is 1. The Balaban J connectivity index is 2.05.